The summed E-state index contributed by atoms with van der Waals surface area (Å²) in [6, 6.07) is 0. The molecule has 6 nitrogen and oxygen atoms in total. The van der Waals surface area contributed by atoms with Gasteiger partial charge in [-0.25, -0.2) is 0 Å². The average molecular weight is 296 g/mol. The second kappa shape index (κ2) is 9.12. The zero-order valence-corrected chi connectivity index (χ0v) is 13.1. The van der Waals surface area contributed by atoms with E-state index in [-0.39, 0.29) is 6.10 Å². The van der Waals surface area contributed by atoms with E-state index in [0.29, 0.717) is 5.82 Å². The zero-order valence-electron chi connectivity index (χ0n) is 13.1. The summed E-state index contributed by atoms with van der Waals surface area (Å²) in [7, 11) is 0. The Morgan fingerprint density at radius 2 is 2.14 bits per heavy atom. The highest BCUT2D eigenvalue weighted by atomic mass is 16.5. The Morgan fingerprint density at radius 1 is 1.29 bits per heavy atom. The van der Waals surface area contributed by atoms with Gasteiger partial charge in [-0.05, 0) is 32.4 Å². The maximum Gasteiger partial charge on any atom is 0.226 e. The van der Waals surface area contributed by atoms with Crippen molar-refractivity contribution in [3.05, 3.63) is 11.7 Å². The van der Waals surface area contributed by atoms with Crippen molar-refractivity contribution in [2.45, 2.75) is 51.6 Å². The molecule has 0 bridgehead atoms. The van der Waals surface area contributed by atoms with Crippen LogP contribution in [0.5, 0.6) is 0 Å². The van der Waals surface area contributed by atoms with E-state index in [1.165, 1.54) is 12.8 Å². The van der Waals surface area contributed by atoms with Crippen LogP contribution < -0.4 is 5.73 Å². The van der Waals surface area contributed by atoms with Crippen molar-refractivity contribution in [3.8, 4) is 0 Å². The van der Waals surface area contributed by atoms with Crippen molar-refractivity contribution < 1.29 is 9.26 Å². The molecular weight excluding hydrogens is 268 g/mol. The summed E-state index contributed by atoms with van der Waals surface area (Å²) in [5.74, 6) is 1.43. The average Bonchev–Trinajstić information content (AvgIpc) is 2.97. The second-order valence-electron chi connectivity index (χ2n) is 5.66. The van der Waals surface area contributed by atoms with E-state index < -0.39 is 0 Å². The lowest BCUT2D eigenvalue weighted by Gasteiger charge is -2.30. The molecule has 1 aliphatic heterocycles. The summed E-state index contributed by atoms with van der Waals surface area (Å²) in [6.45, 7) is 6.68. The van der Waals surface area contributed by atoms with E-state index in [4.69, 9.17) is 15.0 Å². The largest absolute Gasteiger partial charge is 0.367 e. The van der Waals surface area contributed by atoms with E-state index in [9.17, 15) is 0 Å². The highest BCUT2D eigenvalue weighted by Crippen LogP contribution is 2.20. The minimum Gasteiger partial charge on any atom is -0.367 e. The molecule has 21 heavy (non-hydrogen) atoms. The molecule has 0 aromatic carbocycles. The Hall–Kier alpha value is -0.980. The molecule has 1 aromatic rings. The molecular formula is C15H28N4O2. The predicted molar refractivity (Wildman–Crippen MR) is 80.9 cm³/mol. The van der Waals surface area contributed by atoms with Gasteiger partial charge >= 0.3 is 0 Å². The topological polar surface area (TPSA) is 77.4 Å². The Kier molecular flexibility index (Phi) is 7.12. The molecule has 2 rings (SSSR count). The van der Waals surface area contributed by atoms with Crippen molar-refractivity contribution in [1.29, 1.82) is 0 Å². The molecule has 0 spiro atoms. The molecule has 0 radical (unpaired) electrons. The number of aryl methyl sites for hydroxylation is 1. The lowest BCUT2D eigenvalue weighted by molar-refractivity contribution is -0.0350. The summed E-state index contributed by atoms with van der Waals surface area (Å²) < 4.78 is 11.1. The molecule has 1 atom stereocenters. The van der Waals surface area contributed by atoms with Gasteiger partial charge in [-0.1, -0.05) is 24.9 Å². The zero-order chi connectivity index (χ0) is 14.9. The number of aromatic nitrogens is 2. The number of hydrogen-bond acceptors (Lipinski definition) is 6. The van der Waals surface area contributed by atoms with Crippen molar-refractivity contribution in [1.82, 2.24) is 15.0 Å². The summed E-state index contributed by atoms with van der Waals surface area (Å²) in [4.78, 5) is 6.89. The van der Waals surface area contributed by atoms with Gasteiger partial charge in [0.05, 0.1) is 6.61 Å². The fourth-order valence-corrected chi connectivity index (χ4v) is 2.65. The van der Waals surface area contributed by atoms with Gasteiger partial charge in [0.1, 0.15) is 6.10 Å². The fourth-order valence-electron chi connectivity index (χ4n) is 2.65. The number of hydrogen-bond donors (Lipinski definition) is 1. The van der Waals surface area contributed by atoms with E-state index in [1.54, 1.807) is 0 Å². The lowest BCUT2D eigenvalue weighted by atomic mass is 10.1. The Bertz CT molecular complexity index is 395. The van der Waals surface area contributed by atoms with Gasteiger partial charge < -0.3 is 15.0 Å². The number of nitrogens with two attached hydrogens (primary N) is 1. The monoisotopic (exact) mass is 296 g/mol. The Labute approximate surface area is 127 Å². The predicted octanol–water partition coefficient (Wildman–Crippen LogP) is 1.91. The maximum atomic E-state index is 5.77. The van der Waals surface area contributed by atoms with Gasteiger partial charge in [-0.2, -0.15) is 4.98 Å². The van der Waals surface area contributed by atoms with Crippen LogP contribution in [-0.2, 0) is 11.2 Å². The number of nitrogens with zero attached hydrogens (tertiary/aromatic N) is 3. The van der Waals surface area contributed by atoms with E-state index in [1.807, 2.05) is 0 Å². The SMILES string of the molecule is CCCN1CCOC(c2noc(CCCCCCN)n2)C1. The van der Waals surface area contributed by atoms with Crippen molar-refractivity contribution >= 4 is 0 Å². The normalized spacial score (nSPS) is 20.0. The summed E-state index contributed by atoms with van der Waals surface area (Å²) in [5, 5.41) is 4.09. The summed E-state index contributed by atoms with van der Waals surface area (Å²) in [5.41, 5.74) is 5.48. The summed E-state index contributed by atoms with van der Waals surface area (Å²) >= 11 is 0. The first-order valence-electron chi connectivity index (χ1n) is 8.20. The van der Waals surface area contributed by atoms with Gasteiger partial charge in [-0.15, -0.1) is 0 Å². The minimum absolute atomic E-state index is 0.0416. The maximum absolute atomic E-state index is 5.77. The number of ether oxygens (including phenoxy) is 1. The van der Waals surface area contributed by atoms with Crippen LogP contribution in [0.2, 0.25) is 0 Å². The van der Waals surface area contributed by atoms with E-state index in [0.717, 1.165) is 64.4 Å². The van der Waals surface area contributed by atoms with Crippen molar-refractivity contribution in [3.63, 3.8) is 0 Å². The fraction of sp³-hybridized carbons (Fsp3) is 0.867. The van der Waals surface area contributed by atoms with Crippen molar-refractivity contribution in [2.24, 2.45) is 5.73 Å². The van der Waals surface area contributed by atoms with Crippen LogP contribution in [0.4, 0.5) is 0 Å². The van der Waals surface area contributed by atoms with E-state index in [2.05, 4.69) is 22.0 Å². The molecule has 1 unspecified atom stereocenters. The molecule has 6 heteroatoms. The molecule has 2 N–H and O–H groups in total. The van der Waals surface area contributed by atoms with Gasteiger partial charge in [0.15, 0.2) is 0 Å². The van der Waals surface area contributed by atoms with Crippen LogP contribution in [0, 0.1) is 0 Å². The first kappa shape index (κ1) is 16.4. The van der Waals surface area contributed by atoms with Gasteiger partial charge in [0, 0.05) is 19.5 Å². The number of morpholine rings is 1. The number of rotatable bonds is 9. The third-order valence-electron chi connectivity index (χ3n) is 3.81. The minimum atomic E-state index is -0.0416. The molecule has 2 heterocycles. The van der Waals surface area contributed by atoms with E-state index >= 15 is 0 Å². The molecule has 1 fully saturated rings. The van der Waals surface area contributed by atoms with Crippen LogP contribution in [0.3, 0.4) is 0 Å². The first-order valence-corrected chi connectivity index (χ1v) is 8.20. The standard InChI is InChI=1S/C15H28N4O2/c1-2-9-19-10-11-20-13(12-19)15-17-14(21-18-15)7-5-3-4-6-8-16/h13H,2-12,16H2,1H3. The van der Waals surface area contributed by atoms with Gasteiger partial charge in [0.2, 0.25) is 11.7 Å². The third-order valence-corrected chi connectivity index (χ3v) is 3.81. The molecule has 0 amide bonds. The summed E-state index contributed by atoms with van der Waals surface area (Å²) in [6.07, 6.45) is 6.48. The van der Waals surface area contributed by atoms with Crippen molar-refractivity contribution in [2.75, 3.05) is 32.8 Å². The van der Waals surface area contributed by atoms with Crippen LogP contribution in [-0.4, -0.2) is 47.8 Å². The lowest BCUT2D eigenvalue weighted by Crippen LogP contribution is -2.39. The second-order valence-corrected chi connectivity index (χ2v) is 5.66. The van der Waals surface area contributed by atoms with Gasteiger partial charge in [0.25, 0.3) is 0 Å². The Balaban J connectivity index is 1.76. The molecule has 0 aliphatic carbocycles. The van der Waals surface area contributed by atoms with Gasteiger partial charge in [-0.3, -0.25) is 4.90 Å². The smallest absolute Gasteiger partial charge is 0.226 e. The molecule has 0 saturated carbocycles. The van der Waals surface area contributed by atoms with Crippen LogP contribution >= 0.6 is 0 Å². The van der Waals surface area contributed by atoms with Crippen LogP contribution in [0.1, 0.15) is 56.8 Å². The molecule has 120 valence electrons. The molecule has 1 aliphatic rings. The van der Waals surface area contributed by atoms with Crippen LogP contribution in [0.15, 0.2) is 4.52 Å². The number of unbranched alkanes of at least 4 members (excludes halogenated alkanes) is 3. The van der Waals surface area contributed by atoms with Crippen LogP contribution in [0.25, 0.3) is 0 Å². The Morgan fingerprint density at radius 3 is 2.95 bits per heavy atom. The molecule has 1 saturated heterocycles. The first-order chi connectivity index (χ1) is 10.3. The quantitative estimate of drug-likeness (QED) is 0.701. The molecule has 1 aromatic heterocycles. The third kappa shape index (κ3) is 5.37. The highest BCUT2D eigenvalue weighted by molar-refractivity contribution is 4.94. The highest BCUT2D eigenvalue weighted by Gasteiger charge is 2.25.